The first-order chi connectivity index (χ1) is 19.1. The second kappa shape index (κ2) is 13.3. The number of rotatable bonds is 7. The fourth-order valence-electron chi connectivity index (χ4n) is 5.81. The zero-order valence-corrected chi connectivity index (χ0v) is 24.2. The topological polar surface area (TPSA) is 94.6 Å². The van der Waals surface area contributed by atoms with Crippen molar-refractivity contribution in [3.63, 3.8) is 0 Å². The highest BCUT2D eigenvalue weighted by atomic mass is 19.1. The molecule has 0 atom stereocenters. The molecule has 0 aromatic heterocycles. The largest absolute Gasteiger partial charge is 0.465 e. The number of anilines is 1. The maximum Gasteiger partial charge on any atom is 0.410 e. The van der Waals surface area contributed by atoms with Crippen LogP contribution in [0.25, 0.3) is 0 Å². The van der Waals surface area contributed by atoms with Crippen LogP contribution < -0.4 is 4.90 Å². The number of aldehydes is 1. The summed E-state index contributed by atoms with van der Waals surface area (Å²) in [4.78, 5) is 39.3. The molecule has 9 nitrogen and oxygen atoms in total. The number of methoxy groups -OCH3 is 1. The average Bonchev–Trinajstić information content (AvgIpc) is 2.93. The molecule has 0 radical (unpaired) electrons. The molecule has 1 saturated carbocycles. The van der Waals surface area contributed by atoms with Crippen molar-refractivity contribution < 1.29 is 37.7 Å². The lowest BCUT2D eigenvalue weighted by atomic mass is 9.93. The number of amides is 1. The van der Waals surface area contributed by atoms with E-state index in [-0.39, 0.29) is 41.6 Å². The van der Waals surface area contributed by atoms with Crippen LogP contribution in [0.4, 0.5) is 14.9 Å². The van der Waals surface area contributed by atoms with Crippen molar-refractivity contribution in [3.05, 3.63) is 29.1 Å². The minimum atomic E-state index is -0.733. The number of benzene rings is 1. The Morgan fingerprint density at radius 3 is 1.82 bits per heavy atom. The molecule has 0 N–H and O–H groups in total. The van der Waals surface area contributed by atoms with Gasteiger partial charge in [0.1, 0.15) is 5.60 Å². The van der Waals surface area contributed by atoms with Crippen molar-refractivity contribution in [2.45, 2.75) is 102 Å². The van der Waals surface area contributed by atoms with Gasteiger partial charge in [0.05, 0.1) is 48.3 Å². The van der Waals surface area contributed by atoms with E-state index in [2.05, 4.69) is 4.74 Å². The highest BCUT2D eigenvalue weighted by molar-refractivity contribution is 5.99. The molecule has 1 aromatic rings. The monoisotopic (exact) mass is 562 g/mol. The SMILES string of the molecule is COC(=O)c1ccc(N2CCC(OC3CCC(OC4CCN(C(=O)OC(C)(C)C)CC4)CC3)CC2)c(F)c1C=O. The van der Waals surface area contributed by atoms with E-state index in [1.165, 1.54) is 13.2 Å². The number of likely N-dealkylation sites (tertiary alicyclic amines) is 1. The van der Waals surface area contributed by atoms with Gasteiger partial charge in [0.2, 0.25) is 0 Å². The van der Waals surface area contributed by atoms with Gasteiger partial charge in [-0.15, -0.1) is 0 Å². The second-order valence-corrected chi connectivity index (χ2v) is 12.0. The number of hydrogen-bond donors (Lipinski definition) is 0. The fraction of sp³-hybridized carbons (Fsp3) is 0.700. The molecule has 0 unspecified atom stereocenters. The number of ether oxygens (including phenoxy) is 4. The molecule has 2 aliphatic heterocycles. The van der Waals surface area contributed by atoms with Gasteiger partial charge in [0.25, 0.3) is 0 Å². The van der Waals surface area contributed by atoms with Crippen molar-refractivity contribution in [2.24, 2.45) is 0 Å². The van der Waals surface area contributed by atoms with E-state index < -0.39 is 17.4 Å². The van der Waals surface area contributed by atoms with Gasteiger partial charge in [-0.3, -0.25) is 4.79 Å². The Morgan fingerprint density at radius 1 is 0.850 bits per heavy atom. The van der Waals surface area contributed by atoms with Gasteiger partial charge in [0, 0.05) is 26.2 Å². The van der Waals surface area contributed by atoms with Crippen LogP contribution >= 0.6 is 0 Å². The number of carbonyl (C=O) groups excluding carboxylic acids is 3. The summed E-state index contributed by atoms with van der Waals surface area (Å²) in [6.07, 6.45) is 7.84. The van der Waals surface area contributed by atoms with E-state index in [4.69, 9.17) is 14.2 Å². The van der Waals surface area contributed by atoms with E-state index in [9.17, 15) is 14.4 Å². The van der Waals surface area contributed by atoms with Crippen LogP contribution in [-0.2, 0) is 18.9 Å². The molecule has 3 aliphatic rings. The summed E-state index contributed by atoms with van der Waals surface area (Å²) >= 11 is 0. The minimum Gasteiger partial charge on any atom is -0.465 e. The standard InChI is InChI=1S/C30H43FN2O7/c1-30(2,3)40-29(36)33-17-13-23(14-18-33)39-21-7-5-20(6-8-21)38-22-11-15-32(16-12-22)26-10-9-24(28(35)37-4)25(19-34)27(26)31/h9-10,19-23H,5-8,11-18H2,1-4H3. The van der Waals surface area contributed by atoms with Crippen molar-refractivity contribution in [1.29, 1.82) is 0 Å². The van der Waals surface area contributed by atoms with Crippen LogP contribution in [0.1, 0.15) is 92.9 Å². The second-order valence-electron chi connectivity index (χ2n) is 12.0. The summed E-state index contributed by atoms with van der Waals surface area (Å²) in [5.74, 6) is -1.42. The average molecular weight is 563 g/mol. The van der Waals surface area contributed by atoms with Crippen molar-refractivity contribution in [2.75, 3.05) is 38.2 Å². The predicted molar refractivity (Wildman–Crippen MR) is 147 cm³/mol. The highest BCUT2D eigenvalue weighted by Gasteiger charge is 2.32. The van der Waals surface area contributed by atoms with Crippen LogP contribution in [0.3, 0.4) is 0 Å². The zero-order chi connectivity index (χ0) is 28.9. The zero-order valence-electron chi connectivity index (χ0n) is 24.2. The quantitative estimate of drug-likeness (QED) is 0.333. The van der Waals surface area contributed by atoms with Gasteiger partial charge in [-0.1, -0.05) is 0 Å². The Kier molecular flexibility index (Phi) is 10.1. The summed E-state index contributed by atoms with van der Waals surface area (Å²) in [6.45, 7) is 8.18. The predicted octanol–water partition coefficient (Wildman–Crippen LogP) is 5.14. The van der Waals surface area contributed by atoms with Crippen LogP contribution in [0.5, 0.6) is 0 Å². The van der Waals surface area contributed by atoms with E-state index in [1.807, 2.05) is 25.7 Å². The molecule has 1 aromatic carbocycles. The number of nitrogens with zero attached hydrogens (tertiary/aromatic N) is 2. The van der Waals surface area contributed by atoms with Crippen molar-refractivity contribution in [1.82, 2.24) is 4.90 Å². The van der Waals surface area contributed by atoms with Gasteiger partial charge in [-0.25, -0.2) is 14.0 Å². The molecule has 1 aliphatic carbocycles. The molecule has 40 heavy (non-hydrogen) atoms. The first kappa shape index (κ1) is 30.2. The fourth-order valence-corrected chi connectivity index (χ4v) is 5.81. The number of carbonyl (C=O) groups is 3. The summed E-state index contributed by atoms with van der Waals surface area (Å²) < 4.78 is 38.0. The van der Waals surface area contributed by atoms with Crippen LogP contribution in [0.2, 0.25) is 0 Å². The third-order valence-electron chi connectivity index (χ3n) is 7.95. The summed E-state index contributed by atoms with van der Waals surface area (Å²) in [6, 6.07) is 2.99. The molecule has 3 fully saturated rings. The smallest absolute Gasteiger partial charge is 0.410 e. The highest BCUT2D eigenvalue weighted by Crippen LogP contribution is 2.31. The Labute approximate surface area is 236 Å². The molecule has 2 heterocycles. The number of esters is 1. The maximum atomic E-state index is 15.1. The first-order valence-electron chi connectivity index (χ1n) is 14.5. The Bertz CT molecular complexity index is 1040. The van der Waals surface area contributed by atoms with E-state index in [1.54, 1.807) is 11.0 Å². The molecule has 0 spiro atoms. The summed E-state index contributed by atoms with van der Waals surface area (Å²) in [5, 5.41) is 0. The Balaban J connectivity index is 1.17. The van der Waals surface area contributed by atoms with Gasteiger partial charge in [-0.05, 0) is 84.3 Å². The third kappa shape index (κ3) is 7.72. The van der Waals surface area contributed by atoms with Gasteiger partial charge in [-0.2, -0.15) is 0 Å². The molecule has 2 saturated heterocycles. The summed E-state index contributed by atoms with van der Waals surface area (Å²) in [5.41, 5.74) is -0.499. The lowest BCUT2D eigenvalue weighted by Crippen LogP contribution is -2.44. The number of hydrogen-bond acceptors (Lipinski definition) is 8. The first-order valence-corrected chi connectivity index (χ1v) is 14.5. The molecule has 10 heteroatoms. The van der Waals surface area contributed by atoms with Crippen LogP contribution in [0, 0.1) is 5.82 Å². The van der Waals surface area contributed by atoms with Crippen molar-refractivity contribution >= 4 is 24.0 Å². The third-order valence-corrected chi connectivity index (χ3v) is 7.95. The Hall–Kier alpha value is -2.72. The molecular formula is C30H43FN2O7. The number of piperidine rings is 2. The summed E-state index contributed by atoms with van der Waals surface area (Å²) in [7, 11) is 1.20. The number of halogens is 1. The molecule has 4 rings (SSSR count). The lowest BCUT2D eigenvalue weighted by Gasteiger charge is -2.38. The van der Waals surface area contributed by atoms with Crippen LogP contribution in [-0.4, -0.2) is 86.6 Å². The molecular weight excluding hydrogens is 519 g/mol. The van der Waals surface area contributed by atoms with Gasteiger partial charge >= 0.3 is 12.1 Å². The van der Waals surface area contributed by atoms with Crippen LogP contribution in [0.15, 0.2) is 12.1 Å². The van der Waals surface area contributed by atoms with E-state index in [0.717, 1.165) is 51.4 Å². The van der Waals surface area contributed by atoms with Crippen molar-refractivity contribution in [3.8, 4) is 0 Å². The maximum absolute atomic E-state index is 15.1. The molecule has 0 bridgehead atoms. The van der Waals surface area contributed by atoms with Gasteiger partial charge < -0.3 is 28.7 Å². The molecule has 1 amide bonds. The molecule has 222 valence electrons. The minimum absolute atomic E-state index is 0.0668. The Morgan fingerprint density at radius 2 is 1.35 bits per heavy atom. The van der Waals surface area contributed by atoms with E-state index >= 15 is 4.39 Å². The lowest BCUT2D eigenvalue weighted by molar-refractivity contribution is -0.0940. The van der Waals surface area contributed by atoms with E-state index in [0.29, 0.717) is 38.2 Å². The normalized spacial score (nSPS) is 23.1. The van der Waals surface area contributed by atoms with Gasteiger partial charge in [0.15, 0.2) is 12.1 Å².